The van der Waals surface area contributed by atoms with Gasteiger partial charge in [-0.1, -0.05) is 0 Å². The van der Waals surface area contributed by atoms with Crippen molar-refractivity contribution in [2.45, 2.75) is 12.8 Å². The fourth-order valence-corrected chi connectivity index (χ4v) is 1.23. The zero-order valence-corrected chi connectivity index (χ0v) is 14.7. The van der Waals surface area contributed by atoms with E-state index in [9.17, 15) is 9.18 Å². The fourth-order valence-electron chi connectivity index (χ4n) is 1.23. The van der Waals surface area contributed by atoms with Crippen LogP contribution in [-0.2, 0) is 20.8 Å². The molecule has 1 aromatic carbocycles. The molecule has 15 heteroatoms. The van der Waals surface area contributed by atoms with Crippen LogP contribution in [0.4, 0.5) is 4.39 Å². The van der Waals surface area contributed by atoms with Crippen molar-refractivity contribution >= 4 is 32.5 Å². The summed E-state index contributed by atoms with van der Waals surface area (Å²) in [4.78, 5) is 15.3. The average Bonchev–Trinajstić information content (AvgIpc) is 2.40. The van der Waals surface area contributed by atoms with Gasteiger partial charge in [-0.25, -0.2) is 4.39 Å². The van der Waals surface area contributed by atoms with Crippen LogP contribution < -0.4 is 11.5 Å². The lowest BCUT2D eigenvalue weighted by Crippen LogP contribution is -2.23. The molecule has 1 aromatic rings. The molecule has 0 aliphatic carbocycles. The molecule has 0 aliphatic rings. The lowest BCUT2D eigenvalue weighted by Gasteiger charge is -1.99. The van der Waals surface area contributed by atoms with Gasteiger partial charge in [0.2, 0.25) is 0 Å². The van der Waals surface area contributed by atoms with Crippen molar-refractivity contribution in [3.05, 3.63) is 35.6 Å². The van der Waals surface area contributed by atoms with Crippen LogP contribution in [-0.4, -0.2) is 53.3 Å². The van der Waals surface area contributed by atoms with Gasteiger partial charge < -0.3 is 11.5 Å². The Morgan fingerprint density at radius 1 is 0.962 bits per heavy atom. The lowest BCUT2D eigenvalue weighted by atomic mass is 10.1. The van der Waals surface area contributed by atoms with Gasteiger partial charge in [0, 0.05) is 18.5 Å². The molecule has 0 radical (unpaired) electrons. The molecule has 0 amide bonds. The molecule has 1 rings (SSSR count). The Labute approximate surface area is 148 Å². The number of hydrogen-bond acceptors (Lipinski definition) is 6. The van der Waals surface area contributed by atoms with Crippen molar-refractivity contribution in [3.63, 3.8) is 0 Å². The van der Waals surface area contributed by atoms with Crippen molar-refractivity contribution in [1.29, 1.82) is 0 Å². The second-order valence-corrected chi connectivity index (χ2v) is 6.03. The van der Waals surface area contributed by atoms with E-state index in [1.807, 2.05) is 0 Å². The Balaban J connectivity index is 0. The van der Waals surface area contributed by atoms with Crippen LogP contribution >= 0.6 is 0 Å². The van der Waals surface area contributed by atoms with Crippen LogP contribution in [0.5, 0.6) is 0 Å². The van der Waals surface area contributed by atoms with E-state index in [0.29, 0.717) is 24.9 Å². The van der Waals surface area contributed by atoms with Gasteiger partial charge in [0.05, 0.1) is 0 Å². The highest BCUT2D eigenvalue weighted by atomic mass is 32.3. The van der Waals surface area contributed by atoms with E-state index in [2.05, 4.69) is 4.99 Å². The minimum atomic E-state index is -4.67. The maximum atomic E-state index is 12.6. The molecule has 0 spiro atoms. The van der Waals surface area contributed by atoms with Crippen molar-refractivity contribution < 1.29 is 44.2 Å². The molecular formula is C11H18FN3O9S2. The Hall–Kier alpha value is -2.17. The third-order valence-electron chi connectivity index (χ3n) is 2.02. The number of halogens is 1. The van der Waals surface area contributed by atoms with E-state index in [-0.39, 0.29) is 17.6 Å². The summed E-state index contributed by atoms with van der Waals surface area (Å²) in [5.74, 6) is -0.364. The summed E-state index contributed by atoms with van der Waals surface area (Å²) in [7, 11) is -9.33. The summed E-state index contributed by atoms with van der Waals surface area (Å²) in [6.07, 6.45) is 0.927. The molecule has 0 unspecified atom stereocenters. The molecule has 26 heavy (non-hydrogen) atoms. The summed E-state index contributed by atoms with van der Waals surface area (Å²) >= 11 is 0. The highest BCUT2D eigenvalue weighted by molar-refractivity contribution is 7.80. The normalized spacial score (nSPS) is 10.5. The smallest absolute Gasteiger partial charge is 0.370 e. The standard InChI is InChI=1S/C11H14FN3O.2H2O4S/c12-9-5-3-8(4-6-9)10(16)2-1-7-15-11(13)14;2*1-5(2,3)4/h3-6H,1-2,7H2,(H4,13,14,15);2*(H2,1,2,3,4). The van der Waals surface area contributed by atoms with Crippen molar-refractivity contribution in [1.82, 2.24) is 0 Å². The van der Waals surface area contributed by atoms with Gasteiger partial charge in [-0.2, -0.15) is 16.8 Å². The minimum absolute atomic E-state index is 0.0224. The maximum Gasteiger partial charge on any atom is 0.394 e. The van der Waals surface area contributed by atoms with Gasteiger partial charge in [0.15, 0.2) is 11.7 Å². The van der Waals surface area contributed by atoms with E-state index >= 15 is 0 Å². The van der Waals surface area contributed by atoms with Crippen LogP contribution in [0, 0.1) is 5.82 Å². The average molecular weight is 419 g/mol. The van der Waals surface area contributed by atoms with Crippen molar-refractivity contribution in [2.75, 3.05) is 6.54 Å². The number of benzene rings is 1. The van der Waals surface area contributed by atoms with Gasteiger partial charge >= 0.3 is 20.8 Å². The third kappa shape index (κ3) is 26.7. The van der Waals surface area contributed by atoms with Gasteiger partial charge in [-0.05, 0) is 30.7 Å². The first-order valence-corrected chi connectivity index (χ1v) is 9.13. The Bertz CT molecular complexity index is 743. The molecule has 8 N–H and O–H groups in total. The number of carbonyl (C=O) groups excluding carboxylic acids is 1. The second kappa shape index (κ2) is 12.2. The summed E-state index contributed by atoms with van der Waals surface area (Å²) < 4.78 is 75.8. The van der Waals surface area contributed by atoms with Crippen molar-refractivity contribution in [3.8, 4) is 0 Å². The second-order valence-electron chi connectivity index (χ2n) is 4.24. The zero-order valence-electron chi connectivity index (χ0n) is 13.1. The predicted octanol–water partition coefficient (Wildman–Crippen LogP) is -0.244. The van der Waals surface area contributed by atoms with E-state index in [0.717, 1.165) is 0 Å². The summed E-state index contributed by atoms with van der Waals surface area (Å²) in [6, 6.07) is 5.48. The van der Waals surface area contributed by atoms with Crippen LogP contribution in [0.15, 0.2) is 29.3 Å². The fraction of sp³-hybridized carbons (Fsp3) is 0.273. The number of guanidine groups is 1. The zero-order chi connectivity index (χ0) is 21.0. The van der Waals surface area contributed by atoms with Crippen LogP contribution in [0.2, 0.25) is 0 Å². The summed E-state index contributed by atoms with van der Waals surface area (Å²) in [6.45, 7) is 0.426. The number of rotatable bonds is 5. The number of aliphatic imine (C=N–C) groups is 1. The molecule has 0 saturated carbocycles. The maximum absolute atomic E-state index is 12.6. The molecule has 12 nitrogen and oxygen atoms in total. The SMILES string of the molecule is NC(N)=NCCCC(=O)c1ccc(F)cc1.O=S(=O)(O)O.O=S(=O)(O)O. The summed E-state index contributed by atoms with van der Waals surface area (Å²) in [5.41, 5.74) is 10.8. The molecule has 0 aliphatic heterocycles. The van der Waals surface area contributed by atoms with E-state index in [4.69, 9.17) is 46.5 Å². The Morgan fingerprint density at radius 3 is 1.69 bits per heavy atom. The van der Waals surface area contributed by atoms with Gasteiger partial charge in [-0.15, -0.1) is 0 Å². The van der Waals surface area contributed by atoms with Crippen LogP contribution in [0.3, 0.4) is 0 Å². The highest BCUT2D eigenvalue weighted by Crippen LogP contribution is 2.07. The van der Waals surface area contributed by atoms with E-state index in [1.54, 1.807) is 0 Å². The molecule has 0 heterocycles. The number of hydrogen-bond donors (Lipinski definition) is 6. The van der Waals surface area contributed by atoms with Crippen LogP contribution in [0.1, 0.15) is 23.2 Å². The Morgan fingerprint density at radius 2 is 1.35 bits per heavy atom. The van der Waals surface area contributed by atoms with Crippen molar-refractivity contribution in [2.24, 2.45) is 16.5 Å². The molecular weight excluding hydrogens is 401 g/mol. The first-order valence-electron chi connectivity index (χ1n) is 6.33. The number of nitrogens with zero attached hydrogens (tertiary/aromatic N) is 1. The number of Topliss-reactive ketones (excluding diaryl/α,β-unsaturated/α-hetero) is 1. The van der Waals surface area contributed by atoms with Gasteiger partial charge in [-0.3, -0.25) is 28.0 Å². The molecule has 0 fully saturated rings. The third-order valence-corrected chi connectivity index (χ3v) is 2.02. The first-order chi connectivity index (χ1) is 11.6. The molecule has 0 saturated heterocycles. The largest absolute Gasteiger partial charge is 0.394 e. The molecule has 0 bridgehead atoms. The van der Waals surface area contributed by atoms with E-state index in [1.165, 1.54) is 24.3 Å². The van der Waals surface area contributed by atoms with Crippen LogP contribution in [0.25, 0.3) is 0 Å². The molecule has 150 valence electrons. The first kappa shape index (κ1) is 26.1. The quantitative estimate of drug-likeness (QED) is 0.120. The van der Waals surface area contributed by atoms with Gasteiger partial charge in [0.1, 0.15) is 5.82 Å². The lowest BCUT2D eigenvalue weighted by molar-refractivity contribution is 0.0980. The monoisotopic (exact) mass is 419 g/mol. The summed E-state index contributed by atoms with van der Waals surface area (Å²) in [5, 5.41) is 0. The minimum Gasteiger partial charge on any atom is -0.370 e. The Kier molecular flexibility index (Phi) is 12.3. The number of carbonyl (C=O) groups is 1. The number of nitrogens with two attached hydrogens (primary N) is 2. The molecule has 0 atom stereocenters. The predicted molar refractivity (Wildman–Crippen MR) is 89.0 cm³/mol. The topological polar surface area (TPSA) is 231 Å². The van der Waals surface area contributed by atoms with Gasteiger partial charge in [0.25, 0.3) is 0 Å². The molecule has 0 aromatic heterocycles. The number of ketones is 1. The highest BCUT2D eigenvalue weighted by Gasteiger charge is 2.04. The van der Waals surface area contributed by atoms with E-state index < -0.39 is 20.8 Å².